The van der Waals surface area contributed by atoms with Gasteiger partial charge in [-0.2, -0.15) is 0 Å². The number of methoxy groups -OCH3 is 2. The van der Waals surface area contributed by atoms with Gasteiger partial charge in [0.1, 0.15) is 12.4 Å². The number of amides is 1. The van der Waals surface area contributed by atoms with Crippen molar-refractivity contribution in [3.63, 3.8) is 0 Å². The fourth-order valence-electron chi connectivity index (χ4n) is 2.59. The summed E-state index contributed by atoms with van der Waals surface area (Å²) >= 11 is 1.38. The third-order valence-electron chi connectivity index (χ3n) is 3.80. The molecule has 0 fully saturated rings. The van der Waals surface area contributed by atoms with Crippen LogP contribution in [0.4, 0.5) is 5.13 Å². The van der Waals surface area contributed by atoms with Crippen LogP contribution in [-0.4, -0.2) is 44.9 Å². The molecule has 0 atom stereocenters. The van der Waals surface area contributed by atoms with Crippen LogP contribution in [0.15, 0.2) is 41.8 Å². The zero-order chi connectivity index (χ0) is 18.4. The minimum atomic E-state index is -0.235. The van der Waals surface area contributed by atoms with E-state index in [2.05, 4.69) is 10.3 Å². The monoisotopic (exact) mass is 372 g/mol. The van der Waals surface area contributed by atoms with Gasteiger partial charge in [-0.15, -0.1) is 11.3 Å². The minimum absolute atomic E-state index is 0.0241. The predicted molar refractivity (Wildman–Crippen MR) is 103 cm³/mol. The molecule has 0 aliphatic rings. The topological polar surface area (TPSA) is 69.7 Å². The Labute approximate surface area is 155 Å². The lowest BCUT2D eigenvalue weighted by Crippen LogP contribution is -2.19. The molecule has 3 aromatic rings. The summed E-state index contributed by atoms with van der Waals surface area (Å²) in [5.41, 5.74) is 1.80. The van der Waals surface area contributed by atoms with Gasteiger partial charge in [-0.05, 0) is 17.5 Å². The van der Waals surface area contributed by atoms with Gasteiger partial charge in [-0.3, -0.25) is 10.1 Å². The first-order valence-electron chi connectivity index (χ1n) is 8.11. The van der Waals surface area contributed by atoms with Crippen LogP contribution in [0.25, 0.3) is 22.0 Å². The van der Waals surface area contributed by atoms with Gasteiger partial charge in [0.2, 0.25) is 0 Å². The lowest BCUT2D eigenvalue weighted by atomic mass is 10.0. The highest BCUT2D eigenvalue weighted by molar-refractivity contribution is 7.14. The summed E-state index contributed by atoms with van der Waals surface area (Å²) in [4.78, 5) is 16.4. The zero-order valence-electron chi connectivity index (χ0n) is 14.7. The second-order valence-electron chi connectivity index (χ2n) is 5.49. The van der Waals surface area contributed by atoms with Crippen LogP contribution in [0, 0.1) is 0 Å². The molecule has 0 bridgehead atoms. The Kier molecular flexibility index (Phi) is 6.17. The van der Waals surface area contributed by atoms with E-state index in [0.717, 1.165) is 27.8 Å². The average molecular weight is 372 g/mol. The van der Waals surface area contributed by atoms with E-state index in [1.807, 2.05) is 41.8 Å². The number of hydrogen-bond acceptors (Lipinski definition) is 6. The molecule has 0 spiro atoms. The second kappa shape index (κ2) is 8.75. The highest BCUT2D eigenvalue weighted by Crippen LogP contribution is 2.35. The number of rotatable bonds is 8. The largest absolute Gasteiger partial charge is 0.496 e. The van der Waals surface area contributed by atoms with Crippen LogP contribution < -0.4 is 10.1 Å². The fourth-order valence-corrected chi connectivity index (χ4v) is 3.32. The van der Waals surface area contributed by atoms with Gasteiger partial charge >= 0.3 is 0 Å². The van der Waals surface area contributed by atoms with E-state index in [4.69, 9.17) is 14.2 Å². The van der Waals surface area contributed by atoms with Crippen LogP contribution in [0.5, 0.6) is 5.75 Å². The van der Waals surface area contributed by atoms with Crippen LogP contribution >= 0.6 is 11.3 Å². The maximum Gasteiger partial charge on any atom is 0.252 e. The minimum Gasteiger partial charge on any atom is -0.496 e. The van der Waals surface area contributed by atoms with Crippen LogP contribution in [0.1, 0.15) is 0 Å². The highest BCUT2D eigenvalue weighted by atomic mass is 32.1. The Balaban J connectivity index is 1.76. The first kappa shape index (κ1) is 18.3. The number of ether oxygens (including phenoxy) is 3. The van der Waals surface area contributed by atoms with E-state index >= 15 is 0 Å². The van der Waals surface area contributed by atoms with Crippen molar-refractivity contribution in [3.05, 3.63) is 41.8 Å². The van der Waals surface area contributed by atoms with Crippen LogP contribution in [0.2, 0.25) is 0 Å². The Morgan fingerprint density at radius 1 is 1.12 bits per heavy atom. The molecular weight excluding hydrogens is 352 g/mol. The van der Waals surface area contributed by atoms with Crippen molar-refractivity contribution < 1.29 is 19.0 Å². The quantitative estimate of drug-likeness (QED) is 0.612. The molecule has 0 aliphatic carbocycles. The number of nitrogens with one attached hydrogen (secondary N) is 1. The van der Waals surface area contributed by atoms with E-state index in [-0.39, 0.29) is 12.5 Å². The molecule has 1 heterocycles. The van der Waals surface area contributed by atoms with E-state index in [9.17, 15) is 4.79 Å². The summed E-state index contributed by atoms with van der Waals surface area (Å²) in [5, 5.41) is 7.30. The maximum absolute atomic E-state index is 11.9. The van der Waals surface area contributed by atoms with Gasteiger partial charge in [0.05, 0.1) is 26.0 Å². The van der Waals surface area contributed by atoms with Crippen molar-refractivity contribution in [3.8, 4) is 17.0 Å². The molecule has 2 aromatic carbocycles. The average Bonchev–Trinajstić information content (AvgIpc) is 3.12. The smallest absolute Gasteiger partial charge is 0.252 e. The summed E-state index contributed by atoms with van der Waals surface area (Å²) in [6, 6.07) is 11.9. The number of anilines is 1. The van der Waals surface area contributed by atoms with Crippen molar-refractivity contribution >= 4 is 33.1 Å². The van der Waals surface area contributed by atoms with Crippen LogP contribution in [0.3, 0.4) is 0 Å². The lowest BCUT2D eigenvalue weighted by Gasteiger charge is -2.09. The number of nitrogens with zero attached hydrogens (tertiary/aromatic N) is 1. The molecule has 0 saturated carbocycles. The van der Waals surface area contributed by atoms with E-state index in [0.29, 0.717) is 18.3 Å². The first-order valence-corrected chi connectivity index (χ1v) is 8.99. The van der Waals surface area contributed by atoms with Gasteiger partial charge in [-0.25, -0.2) is 4.98 Å². The van der Waals surface area contributed by atoms with Gasteiger partial charge in [0.25, 0.3) is 5.91 Å². The molecule has 26 heavy (non-hydrogen) atoms. The van der Waals surface area contributed by atoms with Crippen LogP contribution in [-0.2, 0) is 14.3 Å². The highest BCUT2D eigenvalue weighted by Gasteiger charge is 2.12. The molecule has 0 saturated heterocycles. The van der Waals surface area contributed by atoms with Crippen molar-refractivity contribution in [2.24, 2.45) is 0 Å². The number of thiazole rings is 1. The number of fused-ring (bicyclic) bond motifs is 1. The van der Waals surface area contributed by atoms with E-state index < -0.39 is 0 Å². The molecule has 0 radical (unpaired) electrons. The molecule has 136 valence electrons. The summed E-state index contributed by atoms with van der Waals surface area (Å²) in [6.07, 6.45) is 0. The van der Waals surface area contributed by atoms with E-state index in [1.165, 1.54) is 11.3 Å². The fraction of sp³-hybridized carbons (Fsp3) is 0.263. The molecule has 1 amide bonds. The number of carbonyl (C=O) groups excluding carboxylic acids is 1. The van der Waals surface area contributed by atoms with Gasteiger partial charge < -0.3 is 14.2 Å². The summed E-state index contributed by atoms with van der Waals surface area (Å²) in [7, 11) is 3.25. The Morgan fingerprint density at radius 3 is 2.69 bits per heavy atom. The van der Waals surface area contributed by atoms with Crippen molar-refractivity contribution in [2.75, 3.05) is 39.4 Å². The zero-order valence-corrected chi connectivity index (χ0v) is 15.5. The van der Waals surface area contributed by atoms with Crippen molar-refractivity contribution in [1.82, 2.24) is 4.98 Å². The molecule has 0 aliphatic heterocycles. The van der Waals surface area contributed by atoms with Gasteiger partial charge in [-0.1, -0.05) is 24.3 Å². The van der Waals surface area contributed by atoms with Crippen molar-refractivity contribution in [2.45, 2.75) is 0 Å². The molecule has 3 rings (SSSR count). The maximum atomic E-state index is 11.9. The van der Waals surface area contributed by atoms with E-state index in [1.54, 1.807) is 14.2 Å². The molecule has 1 aromatic heterocycles. The number of benzene rings is 2. The normalized spacial score (nSPS) is 10.8. The SMILES string of the molecule is COCCOCC(=O)Nc1nc(-c2ccc(OC)c3ccccc23)cs1. The predicted octanol–water partition coefficient (Wildman–Crippen LogP) is 3.57. The molecule has 0 unspecified atom stereocenters. The third kappa shape index (κ3) is 4.19. The summed E-state index contributed by atoms with van der Waals surface area (Å²) in [6.45, 7) is 0.813. The number of hydrogen-bond donors (Lipinski definition) is 1. The second-order valence-corrected chi connectivity index (χ2v) is 6.35. The molecule has 6 nitrogen and oxygen atoms in total. The first-order chi connectivity index (χ1) is 12.7. The van der Waals surface area contributed by atoms with Crippen molar-refractivity contribution in [1.29, 1.82) is 0 Å². The summed E-state index contributed by atoms with van der Waals surface area (Å²) < 4.78 is 15.5. The lowest BCUT2D eigenvalue weighted by molar-refractivity contribution is -0.121. The van der Waals surface area contributed by atoms with Gasteiger partial charge in [0, 0.05) is 23.4 Å². The third-order valence-corrected chi connectivity index (χ3v) is 4.55. The number of carbonyl (C=O) groups is 1. The Morgan fingerprint density at radius 2 is 1.92 bits per heavy atom. The molecular formula is C19H20N2O4S. The molecule has 1 N–H and O–H groups in total. The standard InChI is InChI=1S/C19H20N2O4S/c1-23-9-10-25-11-18(22)21-19-20-16(12-26-19)14-7-8-17(24-2)15-6-4-3-5-13(14)15/h3-8,12H,9-11H2,1-2H3,(H,20,21,22). The van der Waals surface area contributed by atoms with Gasteiger partial charge in [0.15, 0.2) is 5.13 Å². The Hall–Kier alpha value is -2.48. The molecule has 7 heteroatoms. The number of aromatic nitrogens is 1. The summed E-state index contributed by atoms with van der Waals surface area (Å²) in [5.74, 6) is 0.586. The Bertz CT molecular complexity index is 894.